The Hall–Kier alpha value is -2.56. The van der Waals surface area contributed by atoms with E-state index in [1.54, 1.807) is 31.2 Å². The molecule has 1 amide bonds. The highest BCUT2D eigenvalue weighted by atomic mass is 19.1. The molecule has 5 heteroatoms. The fourth-order valence-corrected chi connectivity index (χ4v) is 2.28. The van der Waals surface area contributed by atoms with Gasteiger partial charge in [0.05, 0.1) is 11.3 Å². The van der Waals surface area contributed by atoms with Gasteiger partial charge in [0.25, 0.3) is 5.91 Å². The summed E-state index contributed by atoms with van der Waals surface area (Å²) < 4.78 is 19.1. The molecule has 0 atom stereocenters. The Balaban J connectivity index is 1.91. The number of para-hydroxylation sites is 1. The van der Waals surface area contributed by atoms with Crippen LogP contribution in [0.1, 0.15) is 15.9 Å². The first kappa shape index (κ1) is 13.4. The van der Waals surface area contributed by atoms with Crippen molar-refractivity contribution in [3.8, 4) is 5.75 Å². The van der Waals surface area contributed by atoms with Crippen molar-refractivity contribution in [2.24, 2.45) is 0 Å². The molecule has 0 spiro atoms. The molecule has 0 radical (unpaired) electrons. The highest BCUT2D eigenvalue weighted by Crippen LogP contribution is 2.32. The summed E-state index contributed by atoms with van der Waals surface area (Å²) in [6.07, 6.45) is 0. The van der Waals surface area contributed by atoms with E-state index < -0.39 is 0 Å². The summed E-state index contributed by atoms with van der Waals surface area (Å²) in [7, 11) is 0. The third-order valence-corrected chi connectivity index (χ3v) is 3.44. The molecule has 4 nitrogen and oxygen atoms in total. The van der Waals surface area contributed by atoms with Crippen molar-refractivity contribution in [1.29, 1.82) is 0 Å². The summed E-state index contributed by atoms with van der Waals surface area (Å²) in [6, 6.07) is 9.94. The summed E-state index contributed by atoms with van der Waals surface area (Å²) in [5.41, 5.74) is 2.10. The SMILES string of the molecule is Cc1c(F)cccc1NC(=O)c1cccc2c1OCCN2. The number of amides is 1. The molecule has 2 aromatic carbocycles. The van der Waals surface area contributed by atoms with Crippen molar-refractivity contribution in [3.05, 3.63) is 53.3 Å². The van der Waals surface area contributed by atoms with Gasteiger partial charge >= 0.3 is 0 Å². The van der Waals surface area contributed by atoms with Crippen LogP contribution >= 0.6 is 0 Å². The van der Waals surface area contributed by atoms with Gasteiger partial charge in [-0.25, -0.2) is 4.39 Å². The molecule has 0 saturated heterocycles. The number of hydrogen-bond donors (Lipinski definition) is 2. The number of carbonyl (C=O) groups is 1. The number of halogens is 1. The van der Waals surface area contributed by atoms with E-state index in [0.29, 0.717) is 35.7 Å². The van der Waals surface area contributed by atoms with Crippen LogP contribution in [0.3, 0.4) is 0 Å². The lowest BCUT2D eigenvalue weighted by atomic mass is 10.1. The second-order valence-electron chi connectivity index (χ2n) is 4.82. The fraction of sp³-hybridized carbons (Fsp3) is 0.188. The zero-order valence-electron chi connectivity index (χ0n) is 11.6. The zero-order valence-corrected chi connectivity index (χ0v) is 11.6. The van der Waals surface area contributed by atoms with Gasteiger partial charge in [0.1, 0.15) is 12.4 Å². The molecule has 0 aliphatic carbocycles. The number of nitrogens with one attached hydrogen (secondary N) is 2. The van der Waals surface area contributed by atoms with Gasteiger partial charge in [-0.05, 0) is 31.2 Å². The van der Waals surface area contributed by atoms with Crippen LogP contribution < -0.4 is 15.4 Å². The van der Waals surface area contributed by atoms with Crippen molar-refractivity contribution in [1.82, 2.24) is 0 Å². The molecule has 1 aliphatic rings. The summed E-state index contributed by atoms with van der Waals surface area (Å²) >= 11 is 0. The summed E-state index contributed by atoms with van der Waals surface area (Å²) in [4.78, 5) is 12.4. The van der Waals surface area contributed by atoms with Crippen LogP contribution in [-0.2, 0) is 0 Å². The van der Waals surface area contributed by atoms with Gasteiger partial charge in [0.2, 0.25) is 0 Å². The van der Waals surface area contributed by atoms with Crippen molar-refractivity contribution < 1.29 is 13.9 Å². The highest BCUT2D eigenvalue weighted by molar-refractivity contribution is 6.07. The molecule has 0 unspecified atom stereocenters. The predicted octanol–water partition coefficient (Wildman–Crippen LogP) is 3.19. The van der Waals surface area contributed by atoms with Crippen LogP contribution in [-0.4, -0.2) is 19.1 Å². The Morgan fingerprint density at radius 3 is 2.95 bits per heavy atom. The number of anilines is 2. The molecule has 21 heavy (non-hydrogen) atoms. The lowest BCUT2D eigenvalue weighted by Crippen LogP contribution is -2.22. The average Bonchev–Trinajstić information content (AvgIpc) is 2.51. The standard InChI is InChI=1S/C16H15FN2O2/c1-10-12(17)5-3-6-13(10)19-16(20)11-4-2-7-14-15(11)21-9-8-18-14/h2-7,18H,8-9H2,1H3,(H,19,20). The molecule has 2 N–H and O–H groups in total. The molecular weight excluding hydrogens is 271 g/mol. The first-order valence-electron chi connectivity index (χ1n) is 6.73. The van der Waals surface area contributed by atoms with E-state index in [1.807, 2.05) is 6.07 Å². The number of ether oxygens (including phenoxy) is 1. The van der Waals surface area contributed by atoms with Crippen LogP contribution in [0.25, 0.3) is 0 Å². The van der Waals surface area contributed by atoms with Crippen molar-refractivity contribution in [3.63, 3.8) is 0 Å². The minimum atomic E-state index is -0.346. The van der Waals surface area contributed by atoms with E-state index >= 15 is 0 Å². The van der Waals surface area contributed by atoms with Crippen LogP contribution in [0, 0.1) is 12.7 Å². The number of rotatable bonds is 2. The third-order valence-electron chi connectivity index (χ3n) is 3.44. The van der Waals surface area contributed by atoms with Crippen LogP contribution in [0.4, 0.5) is 15.8 Å². The van der Waals surface area contributed by atoms with E-state index in [1.165, 1.54) is 6.07 Å². The Labute approximate surface area is 121 Å². The quantitative estimate of drug-likeness (QED) is 0.891. The van der Waals surface area contributed by atoms with Gasteiger partial charge in [0, 0.05) is 17.8 Å². The molecular formula is C16H15FN2O2. The lowest BCUT2D eigenvalue weighted by molar-refractivity contribution is 0.102. The van der Waals surface area contributed by atoms with E-state index in [-0.39, 0.29) is 11.7 Å². The molecule has 0 saturated carbocycles. The molecule has 0 bridgehead atoms. The molecule has 1 heterocycles. The van der Waals surface area contributed by atoms with Crippen LogP contribution in [0.2, 0.25) is 0 Å². The van der Waals surface area contributed by atoms with Gasteiger partial charge in [0.15, 0.2) is 5.75 Å². The number of fused-ring (bicyclic) bond motifs is 1. The van der Waals surface area contributed by atoms with Crippen LogP contribution in [0.5, 0.6) is 5.75 Å². The topological polar surface area (TPSA) is 50.4 Å². The number of carbonyl (C=O) groups excluding carboxylic acids is 1. The molecule has 1 aliphatic heterocycles. The zero-order chi connectivity index (χ0) is 14.8. The number of benzene rings is 2. The molecule has 0 fully saturated rings. The normalized spacial score (nSPS) is 12.9. The maximum Gasteiger partial charge on any atom is 0.259 e. The molecule has 2 aromatic rings. The maximum atomic E-state index is 13.5. The summed E-state index contributed by atoms with van der Waals surface area (Å²) in [5.74, 6) is -0.125. The minimum Gasteiger partial charge on any atom is -0.489 e. The lowest BCUT2D eigenvalue weighted by Gasteiger charge is -2.21. The van der Waals surface area contributed by atoms with Gasteiger partial charge in [-0.3, -0.25) is 4.79 Å². The first-order chi connectivity index (χ1) is 10.2. The average molecular weight is 286 g/mol. The molecule has 3 rings (SSSR count). The van der Waals surface area contributed by atoms with E-state index in [4.69, 9.17) is 4.74 Å². The monoisotopic (exact) mass is 286 g/mol. The largest absolute Gasteiger partial charge is 0.489 e. The van der Waals surface area contributed by atoms with Crippen LogP contribution in [0.15, 0.2) is 36.4 Å². The van der Waals surface area contributed by atoms with Gasteiger partial charge in [-0.2, -0.15) is 0 Å². The van der Waals surface area contributed by atoms with E-state index in [0.717, 1.165) is 5.69 Å². The Bertz CT molecular complexity index is 701. The van der Waals surface area contributed by atoms with Crippen molar-refractivity contribution >= 4 is 17.3 Å². The predicted molar refractivity (Wildman–Crippen MR) is 79.5 cm³/mol. The Morgan fingerprint density at radius 1 is 1.29 bits per heavy atom. The van der Waals surface area contributed by atoms with Gasteiger partial charge in [-0.1, -0.05) is 12.1 Å². The number of hydrogen-bond acceptors (Lipinski definition) is 3. The molecule has 108 valence electrons. The highest BCUT2D eigenvalue weighted by Gasteiger charge is 2.19. The smallest absolute Gasteiger partial charge is 0.259 e. The van der Waals surface area contributed by atoms with E-state index in [2.05, 4.69) is 10.6 Å². The summed E-state index contributed by atoms with van der Waals surface area (Å²) in [5, 5.41) is 5.91. The second kappa shape index (κ2) is 5.44. The van der Waals surface area contributed by atoms with Crippen molar-refractivity contribution in [2.75, 3.05) is 23.8 Å². The second-order valence-corrected chi connectivity index (χ2v) is 4.82. The first-order valence-corrected chi connectivity index (χ1v) is 6.73. The van der Waals surface area contributed by atoms with Crippen molar-refractivity contribution in [2.45, 2.75) is 6.92 Å². The third kappa shape index (κ3) is 2.54. The van der Waals surface area contributed by atoms with Gasteiger partial charge < -0.3 is 15.4 Å². The van der Waals surface area contributed by atoms with E-state index in [9.17, 15) is 9.18 Å². The molecule has 0 aromatic heterocycles. The fourth-order valence-electron chi connectivity index (χ4n) is 2.28. The van der Waals surface area contributed by atoms with Gasteiger partial charge in [-0.15, -0.1) is 0 Å². The Kier molecular flexibility index (Phi) is 3.48. The minimum absolute atomic E-state index is 0.316. The Morgan fingerprint density at radius 2 is 2.10 bits per heavy atom. The maximum absolute atomic E-state index is 13.5. The summed E-state index contributed by atoms with van der Waals surface area (Å²) in [6.45, 7) is 2.85.